The molecule has 146 valence electrons. The number of amides is 1. The molecule has 0 radical (unpaired) electrons. The fourth-order valence-corrected chi connectivity index (χ4v) is 4.09. The molecule has 7 heteroatoms. The van der Waals surface area contributed by atoms with Crippen LogP contribution in [0.2, 0.25) is 0 Å². The third kappa shape index (κ3) is 4.48. The first kappa shape index (κ1) is 18.8. The summed E-state index contributed by atoms with van der Waals surface area (Å²) in [5.41, 5.74) is 0.982. The van der Waals surface area contributed by atoms with Crippen molar-refractivity contribution in [3.05, 3.63) is 76.3 Å². The van der Waals surface area contributed by atoms with Gasteiger partial charge in [0.05, 0.1) is 17.5 Å². The molecule has 28 heavy (non-hydrogen) atoms. The van der Waals surface area contributed by atoms with Crippen molar-refractivity contribution in [3.63, 3.8) is 0 Å². The standard InChI is InChI=1S/C21H22FN3O2S/c22-17-7-5-16(6-8-17)13-24-10-9-23-20(24)15-25(14-18-3-1-11-27-18)21(26)19-4-2-12-28-19/h2,4-10,12,18H,1,3,11,13-15H2. The van der Waals surface area contributed by atoms with Crippen molar-refractivity contribution in [3.8, 4) is 0 Å². The second kappa shape index (κ2) is 8.67. The van der Waals surface area contributed by atoms with E-state index in [4.69, 9.17) is 4.74 Å². The van der Waals surface area contributed by atoms with E-state index in [9.17, 15) is 9.18 Å². The minimum absolute atomic E-state index is 0.00170. The van der Waals surface area contributed by atoms with Crippen molar-refractivity contribution in [2.24, 2.45) is 0 Å². The number of nitrogens with zero attached hydrogens (tertiary/aromatic N) is 3. The highest BCUT2D eigenvalue weighted by molar-refractivity contribution is 7.12. The van der Waals surface area contributed by atoms with Gasteiger partial charge in [-0.2, -0.15) is 0 Å². The average Bonchev–Trinajstić information content (AvgIpc) is 3.46. The quantitative estimate of drug-likeness (QED) is 0.604. The van der Waals surface area contributed by atoms with E-state index in [0.29, 0.717) is 19.6 Å². The predicted octanol–water partition coefficient (Wildman–Crippen LogP) is 3.95. The molecular weight excluding hydrogens is 377 g/mol. The Kier molecular flexibility index (Phi) is 5.83. The van der Waals surface area contributed by atoms with Crippen LogP contribution in [0.3, 0.4) is 0 Å². The Balaban J connectivity index is 1.52. The molecule has 0 saturated carbocycles. The second-order valence-corrected chi connectivity index (χ2v) is 7.84. The lowest BCUT2D eigenvalue weighted by molar-refractivity contribution is 0.0502. The minimum Gasteiger partial charge on any atom is -0.376 e. The Morgan fingerprint density at radius 1 is 1.32 bits per heavy atom. The van der Waals surface area contributed by atoms with Gasteiger partial charge in [0.15, 0.2) is 0 Å². The van der Waals surface area contributed by atoms with E-state index < -0.39 is 0 Å². The van der Waals surface area contributed by atoms with Gasteiger partial charge < -0.3 is 14.2 Å². The maximum atomic E-state index is 13.2. The van der Waals surface area contributed by atoms with E-state index in [2.05, 4.69) is 4.98 Å². The molecule has 0 N–H and O–H groups in total. The molecule has 5 nitrogen and oxygen atoms in total. The number of hydrogen-bond donors (Lipinski definition) is 0. The van der Waals surface area contributed by atoms with Crippen LogP contribution < -0.4 is 0 Å². The first-order chi connectivity index (χ1) is 13.7. The fourth-order valence-electron chi connectivity index (χ4n) is 3.40. The van der Waals surface area contributed by atoms with Gasteiger partial charge in [0.1, 0.15) is 11.6 Å². The molecule has 1 unspecified atom stereocenters. The summed E-state index contributed by atoms with van der Waals surface area (Å²) in [5.74, 6) is 0.549. The molecule has 0 spiro atoms. The molecule has 1 aliphatic heterocycles. The fraction of sp³-hybridized carbons (Fsp3) is 0.333. The number of hydrogen-bond acceptors (Lipinski definition) is 4. The summed E-state index contributed by atoms with van der Waals surface area (Å²) in [6, 6.07) is 10.2. The molecule has 3 aromatic rings. The Hall–Kier alpha value is -2.51. The summed E-state index contributed by atoms with van der Waals surface area (Å²) >= 11 is 1.44. The van der Waals surface area contributed by atoms with Gasteiger partial charge in [-0.3, -0.25) is 4.79 Å². The molecule has 1 aromatic carbocycles. The number of carbonyl (C=O) groups is 1. The number of benzene rings is 1. The number of aromatic nitrogens is 2. The third-order valence-corrected chi connectivity index (χ3v) is 5.73. The molecular formula is C21H22FN3O2S. The Bertz CT molecular complexity index is 902. The lowest BCUT2D eigenvalue weighted by Gasteiger charge is -2.25. The number of thiophene rings is 1. The molecule has 1 atom stereocenters. The average molecular weight is 399 g/mol. The molecule has 1 amide bonds. The third-order valence-electron chi connectivity index (χ3n) is 4.87. The van der Waals surface area contributed by atoms with E-state index in [-0.39, 0.29) is 17.8 Å². The van der Waals surface area contributed by atoms with Gasteiger partial charge in [0, 0.05) is 32.1 Å². The summed E-state index contributed by atoms with van der Waals surface area (Å²) < 4.78 is 20.9. The Morgan fingerprint density at radius 2 is 2.18 bits per heavy atom. The van der Waals surface area contributed by atoms with E-state index >= 15 is 0 Å². The van der Waals surface area contributed by atoms with E-state index in [0.717, 1.165) is 35.7 Å². The summed E-state index contributed by atoms with van der Waals surface area (Å²) in [6.45, 7) is 2.30. The first-order valence-electron chi connectivity index (χ1n) is 9.38. The number of imidazole rings is 1. The van der Waals surface area contributed by atoms with Crippen LogP contribution in [0.4, 0.5) is 4.39 Å². The first-order valence-corrected chi connectivity index (χ1v) is 10.3. The molecule has 0 bridgehead atoms. The van der Waals surface area contributed by atoms with Crippen molar-refractivity contribution in [1.82, 2.24) is 14.5 Å². The highest BCUT2D eigenvalue weighted by Crippen LogP contribution is 2.19. The largest absolute Gasteiger partial charge is 0.376 e. The zero-order chi connectivity index (χ0) is 19.3. The van der Waals surface area contributed by atoms with Crippen LogP contribution in [-0.2, 0) is 17.8 Å². The molecule has 2 aromatic heterocycles. The lowest BCUT2D eigenvalue weighted by atomic mass is 10.2. The van der Waals surface area contributed by atoms with Crippen LogP contribution in [0.5, 0.6) is 0 Å². The van der Waals surface area contributed by atoms with E-state index in [1.807, 2.05) is 33.2 Å². The molecule has 1 saturated heterocycles. The number of halogens is 1. The van der Waals surface area contributed by atoms with Crippen molar-refractivity contribution in [1.29, 1.82) is 0 Å². The van der Waals surface area contributed by atoms with Crippen LogP contribution in [0.1, 0.15) is 33.9 Å². The van der Waals surface area contributed by atoms with Crippen molar-refractivity contribution >= 4 is 17.2 Å². The molecule has 0 aliphatic carbocycles. The summed E-state index contributed by atoms with van der Waals surface area (Å²) in [4.78, 5) is 20.0. The summed E-state index contributed by atoms with van der Waals surface area (Å²) in [6.07, 6.45) is 5.70. The highest BCUT2D eigenvalue weighted by atomic mass is 32.1. The summed E-state index contributed by atoms with van der Waals surface area (Å²) in [7, 11) is 0. The van der Waals surface area contributed by atoms with Crippen LogP contribution >= 0.6 is 11.3 Å². The van der Waals surface area contributed by atoms with Gasteiger partial charge in [0.25, 0.3) is 5.91 Å². The monoisotopic (exact) mass is 399 g/mol. The molecule has 1 aliphatic rings. The number of ether oxygens (including phenoxy) is 1. The normalized spacial score (nSPS) is 16.4. The molecule has 3 heterocycles. The zero-order valence-electron chi connectivity index (χ0n) is 15.5. The predicted molar refractivity (Wildman–Crippen MR) is 106 cm³/mol. The number of carbonyl (C=O) groups excluding carboxylic acids is 1. The Morgan fingerprint density at radius 3 is 2.89 bits per heavy atom. The smallest absolute Gasteiger partial charge is 0.264 e. The topological polar surface area (TPSA) is 47.4 Å². The Labute approximate surface area is 167 Å². The maximum absolute atomic E-state index is 13.2. The molecule has 1 fully saturated rings. The van der Waals surface area contributed by atoms with Gasteiger partial charge >= 0.3 is 0 Å². The lowest BCUT2D eigenvalue weighted by Crippen LogP contribution is -2.37. The van der Waals surface area contributed by atoms with Crippen molar-refractivity contribution < 1.29 is 13.9 Å². The van der Waals surface area contributed by atoms with Gasteiger partial charge in [0.2, 0.25) is 0 Å². The van der Waals surface area contributed by atoms with Gasteiger partial charge in [-0.15, -0.1) is 11.3 Å². The van der Waals surface area contributed by atoms with Crippen molar-refractivity contribution in [2.75, 3.05) is 13.2 Å². The molecule has 4 rings (SSSR count). The summed E-state index contributed by atoms with van der Waals surface area (Å²) in [5, 5.41) is 1.91. The van der Waals surface area contributed by atoms with Crippen molar-refractivity contribution in [2.45, 2.75) is 32.0 Å². The van der Waals surface area contributed by atoms with E-state index in [1.54, 1.807) is 18.3 Å². The van der Waals surface area contributed by atoms with Crippen LogP contribution in [0.25, 0.3) is 0 Å². The highest BCUT2D eigenvalue weighted by Gasteiger charge is 2.25. The SMILES string of the molecule is O=C(c1cccs1)N(Cc1nccn1Cc1ccc(F)cc1)CC1CCCO1. The minimum atomic E-state index is -0.251. The second-order valence-electron chi connectivity index (χ2n) is 6.90. The van der Waals surface area contributed by atoms with Gasteiger partial charge in [-0.25, -0.2) is 9.37 Å². The van der Waals surface area contributed by atoms with Crippen LogP contribution in [0, 0.1) is 5.82 Å². The maximum Gasteiger partial charge on any atom is 0.264 e. The van der Waals surface area contributed by atoms with Gasteiger partial charge in [-0.05, 0) is 42.0 Å². The van der Waals surface area contributed by atoms with Gasteiger partial charge in [-0.1, -0.05) is 18.2 Å². The van der Waals surface area contributed by atoms with E-state index in [1.165, 1.54) is 23.5 Å². The van der Waals surface area contributed by atoms with Crippen LogP contribution in [0.15, 0.2) is 54.2 Å². The zero-order valence-corrected chi connectivity index (χ0v) is 16.3. The number of rotatable bonds is 7. The van der Waals surface area contributed by atoms with Crippen LogP contribution in [-0.4, -0.2) is 39.6 Å².